The van der Waals surface area contributed by atoms with E-state index in [1.807, 2.05) is 6.07 Å². The average molecular weight is 234 g/mol. The molecule has 1 aliphatic rings. The van der Waals surface area contributed by atoms with Crippen LogP contribution in [0, 0.1) is 0 Å². The Morgan fingerprint density at radius 1 is 1.59 bits per heavy atom. The summed E-state index contributed by atoms with van der Waals surface area (Å²) >= 11 is 0. The second-order valence-corrected chi connectivity index (χ2v) is 4.60. The summed E-state index contributed by atoms with van der Waals surface area (Å²) in [7, 11) is 0. The number of rotatable bonds is 3. The summed E-state index contributed by atoms with van der Waals surface area (Å²) in [4.78, 5) is 17.1. The van der Waals surface area contributed by atoms with Crippen molar-refractivity contribution in [1.29, 1.82) is 0 Å². The van der Waals surface area contributed by atoms with Crippen molar-refractivity contribution >= 4 is 11.7 Å². The summed E-state index contributed by atoms with van der Waals surface area (Å²) < 4.78 is 0. The van der Waals surface area contributed by atoms with Crippen molar-refractivity contribution in [2.75, 3.05) is 4.90 Å². The fraction of sp³-hybridized carbons (Fsp3) is 0.538. The Kier molecular flexibility index (Phi) is 3.31. The Bertz CT molecular complexity index is 420. The SMILES string of the molecule is CCC1CCC(C)N1c1ccnc(C(=O)O)c1. The summed E-state index contributed by atoms with van der Waals surface area (Å²) in [5.41, 5.74) is 1.10. The molecule has 1 aromatic rings. The quantitative estimate of drug-likeness (QED) is 0.873. The second-order valence-electron chi connectivity index (χ2n) is 4.60. The van der Waals surface area contributed by atoms with E-state index in [1.54, 1.807) is 12.3 Å². The lowest BCUT2D eigenvalue weighted by Gasteiger charge is -2.30. The standard InChI is InChI=1S/C13H18N2O2/c1-3-10-5-4-9(2)15(10)11-6-7-14-12(8-11)13(16)17/h6-10H,3-5H2,1-2H3,(H,16,17). The van der Waals surface area contributed by atoms with Gasteiger partial charge in [0.25, 0.3) is 0 Å². The normalized spacial score (nSPS) is 24.0. The zero-order valence-corrected chi connectivity index (χ0v) is 10.3. The fourth-order valence-corrected chi connectivity index (χ4v) is 2.63. The summed E-state index contributed by atoms with van der Waals surface area (Å²) in [5, 5.41) is 8.96. The highest BCUT2D eigenvalue weighted by molar-refractivity contribution is 5.86. The van der Waals surface area contributed by atoms with E-state index in [0.717, 1.165) is 12.1 Å². The van der Waals surface area contributed by atoms with Crippen molar-refractivity contribution in [2.45, 2.75) is 45.2 Å². The third-order valence-electron chi connectivity index (χ3n) is 3.52. The summed E-state index contributed by atoms with van der Waals surface area (Å²) in [6, 6.07) is 4.57. The van der Waals surface area contributed by atoms with Crippen molar-refractivity contribution < 1.29 is 9.90 Å². The minimum atomic E-state index is -0.966. The molecule has 17 heavy (non-hydrogen) atoms. The van der Waals surface area contributed by atoms with Gasteiger partial charge in [0.15, 0.2) is 0 Å². The topological polar surface area (TPSA) is 53.4 Å². The third kappa shape index (κ3) is 2.25. The van der Waals surface area contributed by atoms with Gasteiger partial charge in [-0.1, -0.05) is 6.92 Å². The van der Waals surface area contributed by atoms with Crippen LogP contribution in [0.4, 0.5) is 5.69 Å². The molecule has 0 amide bonds. The average Bonchev–Trinajstić information content (AvgIpc) is 2.70. The van der Waals surface area contributed by atoms with Gasteiger partial charge in [-0.15, -0.1) is 0 Å². The van der Waals surface area contributed by atoms with Crippen LogP contribution in [-0.2, 0) is 0 Å². The van der Waals surface area contributed by atoms with E-state index in [2.05, 4.69) is 23.7 Å². The van der Waals surface area contributed by atoms with E-state index in [9.17, 15) is 4.79 Å². The molecule has 0 bridgehead atoms. The van der Waals surface area contributed by atoms with Gasteiger partial charge in [0.1, 0.15) is 5.69 Å². The molecule has 1 aliphatic heterocycles. The molecule has 1 N–H and O–H groups in total. The molecule has 2 heterocycles. The number of carboxylic acids is 1. The van der Waals surface area contributed by atoms with E-state index in [-0.39, 0.29) is 5.69 Å². The molecule has 0 spiro atoms. The number of anilines is 1. The van der Waals surface area contributed by atoms with Crippen LogP contribution in [-0.4, -0.2) is 28.1 Å². The van der Waals surface area contributed by atoms with Crippen LogP contribution >= 0.6 is 0 Å². The Morgan fingerprint density at radius 3 is 3.00 bits per heavy atom. The van der Waals surface area contributed by atoms with Crippen molar-refractivity contribution in [3.8, 4) is 0 Å². The summed E-state index contributed by atoms with van der Waals surface area (Å²) in [5.74, 6) is -0.966. The van der Waals surface area contributed by atoms with Crippen LogP contribution < -0.4 is 4.90 Å². The fourth-order valence-electron chi connectivity index (χ4n) is 2.63. The summed E-state index contributed by atoms with van der Waals surface area (Å²) in [6.07, 6.45) is 5.03. The van der Waals surface area contributed by atoms with Crippen LogP contribution in [0.15, 0.2) is 18.3 Å². The van der Waals surface area contributed by atoms with E-state index < -0.39 is 5.97 Å². The first-order valence-electron chi connectivity index (χ1n) is 6.11. The van der Waals surface area contributed by atoms with Gasteiger partial charge in [-0.05, 0) is 38.3 Å². The predicted octanol–water partition coefficient (Wildman–Crippen LogP) is 2.55. The molecule has 4 nitrogen and oxygen atoms in total. The van der Waals surface area contributed by atoms with Gasteiger partial charge in [-0.3, -0.25) is 0 Å². The Morgan fingerprint density at radius 2 is 2.35 bits per heavy atom. The number of carboxylic acid groups (broad SMARTS) is 1. The van der Waals surface area contributed by atoms with E-state index >= 15 is 0 Å². The number of nitrogens with zero attached hydrogens (tertiary/aromatic N) is 2. The first-order chi connectivity index (χ1) is 8.13. The van der Waals surface area contributed by atoms with Gasteiger partial charge in [-0.25, -0.2) is 9.78 Å². The number of pyridine rings is 1. The first kappa shape index (κ1) is 11.9. The van der Waals surface area contributed by atoms with Crippen molar-refractivity contribution in [3.63, 3.8) is 0 Å². The highest BCUT2D eigenvalue weighted by Crippen LogP contribution is 2.31. The van der Waals surface area contributed by atoms with Crippen LogP contribution in [0.1, 0.15) is 43.6 Å². The number of hydrogen-bond donors (Lipinski definition) is 1. The molecule has 1 aromatic heterocycles. The molecule has 92 valence electrons. The molecule has 0 aromatic carbocycles. The largest absolute Gasteiger partial charge is 0.477 e. The number of hydrogen-bond acceptors (Lipinski definition) is 3. The van der Waals surface area contributed by atoms with Gasteiger partial charge in [-0.2, -0.15) is 0 Å². The van der Waals surface area contributed by atoms with Crippen LogP contribution in [0.5, 0.6) is 0 Å². The zero-order chi connectivity index (χ0) is 12.4. The molecule has 0 radical (unpaired) electrons. The smallest absolute Gasteiger partial charge is 0.354 e. The maximum atomic E-state index is 10.9. The second kappa shape index (κ2) is 4.73. The first-order valence-corrected chi connectivity index (χ1v) is 6.11. The van der Waals surface area contributed by atoms with Crippen LogP contribution in [0.2, 0.25) is 0 Å². The van der Waals surface area contributed by atoms with E-state index in [4.69, 9.17) is 5.11 Å². The molecular weight excluding hydrogens is 216 g/mol. The Labute approximate surface area is 101 Å². The lowest BCUT2D eigenvalue weighted by molar-refractivity contribution is 0.0690. The van der Waals surface area contributed by atoms with Gasteiger partial charge in [0.2, 0.25) is 0 Å². The lowest BCUT2D eigenvalue weighted by Crippen LogP contribution is -2.34. The van der Waals surface area contributed by atoms with Crippen molar-refractivity contribution in [3.05, 3.63) is 24.0 Å². The highest BCUT2D eigenvalue weighted by Gasteiger charge is 2.29. The Balaban J connectivity index is 2.32. The maximum Gasteiger partial charge on any atom is 0.354 e. The minimum Gasteiger partial charge on any atom is -0.477 e. The van der Waals surface area contributed by atoms with Gasteiger partial charge in [0, 0.05) is 24.0 Å². The molecule has 1 saturated heterocycles. The minimum absolute atomic E-state index is 0.122. The highest BCUT2D eigenvalue weighted by atomic mass is 16.4. The van der Waals surface area contributed by atoms with E-state index in [1.165, 1.54) is 12.8 Å². The molecule has 2 rings (SSSR count). The molecule has 0 aliphatic carbocycles. The van der Waals surface area contributed by atoms with E-state index in [0.29, 0.717) is 12.1 Å². The van der Waals surface area contributed by atoms with Gasteiger partial charge < -0.3 is 10.0 Å². The zero-order valence-electron chi connectivity index (χ0n) is 10.3. The van der Waals surface area contributed by atoms with Crippen molar-refractivity contribution in [1.82, 2.24) is 4.98 Å². The van der Waals surface area contributed by atoms with Crippen LogP contribution in [0.25, 0.3) is 0 Å². The summed E-state index contributed by atoms with van der Waals surface area (Å²) in [6.45, 7) is 4.37. The molecule has 4 heteroatoms. The maximum absolute atomic E-state index is 10.9. The van der Waals surface area contributed by atoms with Gasteiger partial charge >= 0.3 is 5.97 Å². The van der Waals surface area contributed by atoms with Gasteiger partial charge in [0.05, 0.1) is 0 Å². The molecule has 2 atom stereocenters. The molecule has 1 fully saturated rings. The third-order valence-corrected chi connectivity index (χ3v) is 3.52. The van der Waals surface area contributed by atoms with Crippen molar-refractivity contribution in [2.24, 2.45) is 0 Å². The monoisotopic (exact) mass is 234 g/mol. The number of carbonyl (C=O) groups is 1. The lowest BCUT2D eigenvalue weighted by atomic mass is 10.1. The number of aromatic carboxylic acids is 1. The Hall–Kier alpha value is -1.58. The van der Waals surface area contributed by atoms with Crippen LogP contribution in [0.3, 0.4) is 0 Å². The molecular formula is C13H18N2O2. The number of aromatic nitrogens is 1. The predicted molar refractivity (Wildman–Crippen MR) is 66.5 cm³/mol. The molecule has 0 saturated carbocycles. The molecule has 2 unspecified atom stereocenters.